The molecular formula is C12H13NO3. The van der Waals surface area contributed by atoms with Crippen molar-refractivity contribution >= 4 is 0 Å². The van der Waals surface area contributed by atoms with Crippen LogP contribution in [0, 0.1) is 11.3 Å². The van der Waals surface area contributed by atoms with Crippen LogP contribution in [0.4, 0.5) is 0 Å². The van der Waals surface area contributed by atoms with Gasteiger partial charge < -0.3 is 14.2 Å². The first-order valence-corrected chi connectivity index (χ1v) is 4.95. The van der Waals surface area contributed by atoms with E-state index in [1.807, 2.05) is 19.1 Å². The minimum absolute atomic E-state index is 0.394. The molecule has 0 saturated carbocycles. The number of epoxide rings is 1. The predicted molar refractivity (Wildman–Crippen MR) is 57.4 cm³/mol. The molecule has 2 rings (SSSR count). The summed E-state index contributed by atoms with van der Waals surface area (Å²) in [6, 6.07) is 7.59. The van der Waals surface area contributed by atoms with Crippen molar-refractivity contribution in [3.63, 3.8) is 0 Å². The third-order valence-corrected chi connectivity index (χ3v) is 2.87. The van der Waals surface area contributed by atoms with Crippen LogP contribution < -0.4 is 9.47 Å². The molecule has 1 saturated heterocycles. The molecule has 1 aromatic rings. The molecule has 0 aromatic heterocycles. The Morgan fingerprint density at radius 1 is 1.38 bits per heavy atom. The first-order chi connectivity index (χ1) is 7.65. The Hall–Kier alpha value is -1.73. The van der Waals surface area contributed by atoms with Gasteiger partial charge in [0, 0.05) is 11.6 Å². The zero-order valence-corrected chi connectivity index (χ0v) is 9.48. The summed E-state index contributed by atoms with van der Waals surface area (Å²) in [5.74, 6) is 1.40. The van der Waals surface area contributed by atoms with Crippen molar-refractivity contribution in [2.75, 3.05) is 14.2 Å². The second-order valence-corrected chi connectivity index (χ2v) is 3.80. The van der Waals surface area contributed by atoms with Crippen LogP contribution in [-0.4, -0.2) is 20.3 Å². The number of rotatable bonds is 3. The summed E-state index contributed by atoms with van der Waals surface area (Å²) in [6.07, 6.45) is -0.394. The number of hydrogen-bond donors (Lipinski definition) is 0. The van der Waals surface area contributed by atoms with Gasteiger partial charge in [0.25, 0.3) is 0 Å². The lowest BCUT2D eigenvalue weighted by Crippen LogP contribution is -2.08. The van der Waals surface area contributed by atoms with Gasteiger partial charge in [-0.3, -0.25) is 0 Å². The molecule has 2 atom stereocenters. The lowest BCUT2D eigenvalue weighted by atomic mass is 9.97. The Kier molecular flexibility index (Phi) is 2.49. The molecule has 0 bridgehead atoms. The van der Waals surface area contributed by atoms with E-state index in [2.05, 4.69) is 6.07 Å². The average molecular weight is 219 g/mol. The summed E-state index contributed by atoms with van der Waals surface area (Å²) in [4.78, 5) is 0. The summed E-state index contributed by atoms with van der Waals surface area (Å²) in [5.41, 5.74) is 0.328. The average Bonchev–Trinajstić information content (AvgIpc) is 3.00. The molecule has 4 nitrogen and oxygen atoms in total. The zero-order chi connectivity index (χ0) is 11.8. The molecule has 1 aliphatic heterocycles. The maximum atomic E-state index is 8.83. The predicted octanol–water partition coefficient (Wildman–Crippen LogP) is 1.84. The van der Waals surface area contributed by atoms with Crippen LogP contribution in [0.15, 0.2) is 18.2 Å². The molecule has 4 heteroatoms. The van der Waals surface area contributed by atoms with Crippen molar-refractivity contribution in [2.45, 2.75) is 18.6 Å². The minimum atomic E-state index is -0.549. The Morgan fingerprint density at radius 3 is 2.62 bits per heavy atom. The van der Waals surface area contributed by atoms with E-state index >= 15 is 0 Å². The Bertz CT molecular complexity index is 452. The van der Waals surface area contributed by atoms with Crippen molar-refractivity contribution in [2.24, 2.45) is 0 Å². The number of ether oxygens (including phenoxy) is 3. The van der Waals surface area contributed by atoms with E-state index in [0.717, 1.165) is 11.3 Å². The van der Waals surface area contributed by atoms with Gasteiger partial charge in [0.15, 0.2) is 6.10 Å². The quantitative estimate of drug-likeness (QED) is 0.728. The highest BCUT2D eigenvalue weighted by atomic mass is 16.6. The molecule has 0 spiro atoms. The standard InChI is InChI=1S/C12H13NO3/c1-12(11(7-13)16-12)9-5-4-8(14-2)6-10(9)15-3/h4-6,11H,1-3H3. The summed E-state index contributed by atoms with van der Waals surface area (Å²) < 4.78 is 15.8. The van der Waals surface area contributed by atoms with Crippen LogP contribution in [-0.2, 0) is 10.3 Å². The number of methoxy groups -OCH3 is 2. The van der Waals surface area contributed by atoms with Crippen molar-refractivity contribution in [1.82, 2.24) is 0 Å². The number of nitrogens with zero attached hydrogens (tertiary/aromatic N) is 1. The largest absolute Gasteiger partial charge is 0.497 e. The highest BCUT2D eigenvalue weighted by molar-refractivity contribution is 5.47. The van der Waals surface area contributed by atoms with Crippen LogP contribution in [0.5, 0.6) is 11.5 Å². The van der Waals surface area contributed by atoms with Gasteiger partial charge in [-0.15, -0.1) is 0 Å². The monoisotopic (exact) mass is 219 g/mol. The summed E-state index contributed by atoms with van der Waals surface area (Å²) >= 11 is 0. The molecule has 1 aliphatic rings. The first-order valence-electron chi connectivity index (χ1n) is 4.95. The molecule has 1 aromatic carbocycles. The molecule has 1 heterocycles. The topological polar surface area (TPSA) is 54.8 Å². The molecule has 16 heavy (non-hydrogen) atoms. The lowest BCUT2D eigenvalue weighted by molar-refractivity contribution is 0.309. The third kappa shape index (κ3) is 1.50. The second kappa shape index (κ2) is 3.69. The fourth-order valence-electron chi connectivity index (χ4n) is 1.77. The molecule has 2 unspecified atom stereocenters. The van der Waals surface area contributed by atoms with Crippen molar-refractivity contribution in [1.29, 1.82) is 5.26 Å². The summed E-state index contributed by atoms with van der Waals surface area (Å²) in [6.45, 7) is 1.88. The summed E-state index contributed by atoms with van der Waals surface area (Å²) in [5, 5.41) is 8.83. The Labute approximate surface area is 94.3 Å². The Morgan fingerprint density at radius 2 is 2.12 bits per heavy atom. The Balaban J connectivity index is 2.39. The molecule has 84 valence electrons. The molecule has 1 fully saturated rings. The molecule has 0 aliphatic carbocycles. The SMILES string of the molecule is COc1ccc(C2(C)OC2C#N)c(OC)c1. The maximum Gasteiger partial charge on any atom is 0.178 e. The molecule has 0 amide bonds. The van der Waals surface area contributed by atoms with Gasteiger partial charge in [-0.1, -0.05) is 0 Å². The van der Waals surface area contributed by atoms with Crippen LogP contribution in [0.2, 0.25) is 0 Å². The normalized spacial score (nSPS) is 27.0. The van der Waals surface area contributed by atoms with E-state index in [-0.39, 0.29) is 0 Å². The van der Waals surface area contributed by atoms with E-state index in [1.54, 1.807) is 20.3 Å². The van der Waals surface area contributed by atoms with Crippen LogP contribution in [0.3, 0.4) is 0 Å². The number of hydrogen-bond acceptors (Lipinski definition) is 4. The van der Waals surface area contributed by atoms with Gasteiger partial charge in [-0.25, -0.2) is 0 Å². The highest BCUT2D eigenvalue weighted by Crippen LogP contribution is 2.49. The van der Waals surface area contributed by atoms with Crippen LogP contribution >= 0.6 is 0 Å². The van der Waals surface area contributed by atoms with E-state index in [0.29, 0.717) is 5.75 Å². The molecular weight excluding hydrogens is 206 g/mol. The molecule has 0 N–H and O–H groups in total. The van der Waals surface area contributed by atoms with E-state index in [4.69, 9.17) is 19.5 Å². The van der Waals surface area contributed by atoms with Gasteiger partial charge in [0.2, 0.25) is 0 Å². The fourth-order valence-corrected chi connectivity index (χ4v) is 1.77. The van der Waals surface area contributed by atoms with Gasteiger partial charge >= 0.3 is 0 Å². The van der Waals surface area contributed by atoms with Crippen LogP contribution in [0.1, 0.15) is 12.5 Å². The van der Waals surface area contributed by atoms with Crippen LogP contribution in [0.25, 0.3) is 0 Å². The molecule has 0 radical (unpaired) electrons. The third-order valence-electron chi connectivity index (χ3n) is 2.87. The fraction of sp³-hybridized carbons (Fsp3) is 0.417. The van der Waals surface area contributed by atoms with E-state index < -0.39 is 11.7 Å². The maximum absolute atomic E-state index is 8.83. The summed E-state index contributed by atoms with van der Waals surface area (Å²) in [7, 11) is 3.19. The number of nitriles is 1. The van der Waals surface area contributed by atoms with Crippen molar-refractivity contribution in [3.8, 4) is 17.6 Å². The van der Waals surface area contributed by atoms with E-state index in [1.165, 1.54) is 0 Å². The first kappa shape index (κ1) is 10.8. The lowest BCUT2D eigenvalue weighted by Gasteiger charge is -2.12. The highest BCUT2D eigenvalue weighted by Gasteiger charge is 2.55. The second-order valence-electron chi connectivity index (χ2n) is 3.80. The van der Waals surface area contributed by atoms with E-state index in [9.17, 15) is 0 Å². The van der Waals surface area contributed by atoms with Gasteiger partial charge in [-0.05, 0) is 19.1 Å². The zero-order valence-electron chi connectivity index (χ0n) is 9.48. The van der Waals surface area contributed by atoms with Crippen molar-refractivity contribution < 1.29 is 14.2 Å². The van der Waals surface area contributed by atoms with Gasteiger partial charge in [0.1, 0.15) is 17.1 Å². The van der Waals surface area contributed by atoms with Crippen molar-refractivity contribution in [3.05, 3.63) is 23.8 Å². The number of benzene rings is 1. The smallest absolute Gasteiger partial charge is 0.178 e. The minimum Gasteiger partial charge on any atom is -0.497 e. The van der Waals surface area contributed by atoms with Gasteiger partial charge in [0.05, 0.1) is 20.3 Å². The van der Waals surface area contributed by atoms with Gasteiger partial charge in [-0.2, -0.15) is 5.26 Å².